The first-order chi connectivity index (χ1) is 10.7. The number of tetrazole rings is 1. The van der Waals surface area contributed by atoms with E-state index in [-0.39, 0.29) is 12.5 Å². The molecule has 1 aromatic heterocycles. The van der Waals surface area contributed by atoms with Crippen molar-refractivity contribution in [1.82, 2.24) is 24.7 Å². The van der Waals surface area contributed by atoms with Crippen LogP contribution in [0.2, 0.25) is 5.02 Å². The summed E-state index contributed by atoms with van der Waals surface area (Å²) in [5.41, 5.74) is -0.0750. The molecule has 1 fully saturated rings. The first-order valence-electron chi connectivity index (χ1n) is 6.80. The Kier molecular flexibility index (Phi) is 4.21. The summed E-state index contributed by atoms with van der Waals surface area (Å²) in [6.45, 7) is 1.90. The standard InChI is InChI=1S/C13H14ClN5O3/c14-10-3-1-2-4-11(10)19-13(21)18(15-16-19)9-12(20)17-5-7-22-8-6-17/h1-4H,5-9H2. The number of carbonyl (C=O) groups excluding carboxylic acids is 1. The van der Waals surface area contributed by atoms with E-state index in [4.69, 9.17) is 16.3 Å². The van der Waals surface area contributed by atoms with Crippen LogP contribution in [0, 0.1) is 0 Å². The highest BCUT2D eigenvalue weighted by Crippen LogP contribution is 2.16. The maximum atomic E-state index is 12.3. The average Bonchev–Trinajstić information content (AvgIpc) is 2.90. The minimum absolute atomic E-state index is 0.150. The van der Waals surface area contributed by atoms with Crippen LogP contribution >= 0.6 is 11.6 Å². The number of morpholine rings is 1. The maximum absolute atomic E-state index is 12.3. The van der Waals surface area contributed by atoms with Gasteiger partial charge in [0.05, 0.1) is 23.9 Å². The van der Waals surface area contributed by atoms with Gasteiger partial charge in [0.2, 0.25) is 5.91 Å². The van der Waals surface area contributed by atoms with Crippen molar-refractivity contribution in [3.05, 3.63) is 39.8 Å². The number of nitrogens with zero attached hydrogens (tertiary/aromatic N) is 5. The third-order valence-electron chi connectivity index (χ3n) is 3.37. The second kappa shape index (κ2) is 6.29. The lowest BCUT2D eigenvalue weighted by atomic mass is 10.3. The molecule has 0 bridgehead atoms. The Labute approximate surface area is 130 Å². The monoisotopic (exact) mass is 323 g/mol. The van der Waals surface area contributed by atoms with E-state index in [9.17, 15) is 9.59 Å². The summed E-state index contributed by atoms with van der Waals surface area (Å²) in [4.78, 5) is 26.1. The summed E-state index contributed by atoms with van der Waals surface area (Å²) in [6.07, 6.45) is 0. The van der Waals surface area contributed by atoms with Crippen molar-refractivity contribution in [3.63, 3.8) is 0 Å². The summed E-state index contributed by atoms with van der Waals surface area (Å²) in [5.74, 6) is -0.184. The minimum atomic E-state index is -0.505. The molecule has 116 valence electrons. The molecule has 1 aliphatic rings. The highest BCUT2D eigenvalue weighted by atomic mass is 35.5. The normalized spacial score (nSPS) is 15.0. The molecule has 8 nitrogen and oxygen atoms in total. The topological polar surface area (TPSA) is 82.2 Å². The number of aromatic nitrogens is 4. The van der Waals surface area contributed by atoms with Gasteiger partial charge in [0, 0.05) is 13.1 Å². The lowest BCUT2D eigenvalue weighted by Crippen LogP contribution is -2.43. The Hall–Kier alpha value is -2.19. The smallest absolute Gasteiger partial charge is 0.369 e. The maximum Gasteiger partial charge on any atom is 0.369 e. The van der Waals surface area contributed by atoms with Crippen molar-refractivity contribution in [2.75, 3.05) is 26.3 Å². The van der Waals surface area contributed by atoms with Crippen LogP contribution in [0.5, 0.6) is 0 Å². The van der Waals surface area contributed by atoms with E-state index in [1.54, 1.807) is 29.2 Å². The second-order valence-corrected chi connectivity index (χ2v) is 5.18. The van der Waals surface area contributed by atoms with E-state index < -0.39 is 5.69 Å². The fourth-order valence-electron chi connectivity index (χ4n) is 2.19. The van der Waals surface area contributed by atoms with Gasteiger partial charge < -0.3 is 9.64 Å². The van der Waals surface area contributed by atoms with E-state index in [0.29, 0.717) is 37.0 Å². The Morgan fingerprint density at radius 3 is 2.68 bits per heavy atom. The molecule has 0 atom stereocenters. The van der Waals surface area contributed by atoms with Gasteiger partial charge in [-0.15, -0.1) is 0 Å². The van der Waals surface area contributed by atoms with Gasteiger partial charge in [-0.25, -0.2) is 4.79 Å². The van der Waals surface area contributed by atoms with E-state index in [1.807, 2.05) is 0 Å². The fraction of sp³-hybridized carbons (Fsp3) is 0.385. The number of hydrogen-bond acceptors (Lipinski definition) is 5. The molecule has 1 saturated heterocycles. The van der Waals surface area contributed by atoms with Gasteiger partial charge in [-0.05, 0) is 22.6 Å². The number of halogens is 1. The third-order valence-corrected chi connectivity index (χ3v) is 3.69. The summed E-state index contributed by atoms with van der Waals surface area (Å²) in [5, 5.41) is 7.92. The fourth-order valence-corrected chi connectivity index (χ4v) is 2.40. The summed E-state index contributed by atoms with van der Waals surface area (Å²) in [7, 11) is 0. The summed E-state index contributed by atoms with van der Waals surface area (Å²) < 4.78 is 7.30. The van der Waals surface area contributed by atoms with Gasteiger partial charge in [0.1, 0.15) is 6.54 Å². The Morgan fingerprint density at radius 1 is 1.23 bits per heavy atom. The molecule has 0 N–H and O–H groups in total. The number of rotatable bonds is 3. The first kappa shape index (κ1) is 14.7. The van der Waals surface area contributed by atoms with E-state index in [2.05, 4.69) is 10.4 Å². The first-order valence-corrected chi connectivity index (χ1v) is 7.18. The highest BCUT2D eigenvalue weighted by Gasteiger charge is 2.20. The van der Waals surface area contributed by atoms with Gasteiger partial charge in [-0.1, -0.05) is 23.7 Å². The molecule has 1 aliphatic heterocycles. The van der Waals surface area contributed by atoms with Crippen LogP contribution in [0.15, 0.2) is 29.1 Å². The largest absolute Gasteiger partial charge is 0.378 e. The van der Waals surface area contributed by atoms with Gasteiger partial charge in [0.15, 0.2) is 0 Å². The molecular weight excluding hydrogens is 310 g/mol. The van der Waals surface area contributed by atoms with Crippen molar-refractivity contribution < 1.29 is 9.53 Å². The molecule has 0 radical (unpaired) electrons. The predicted octanol–water partition coefficient (Wildman–Crippen LogP) is -0.0588. The molecule has 0 spiro atoms. The number of benzene rings is 1. The Balaban J connectivity index is 1.80. The molecule has 0 unspecified atom stereocenters. The van der Waals surface area contributed by atoms with Crippen LogP contribution in [0.25, 0.3) is 5.69 Å². The molecule has 0 saturated carbocycles. The molecule has 0 aliphatic carbocycles. The number of amides is 1. The lowest BCUT2D eigenvalue weighted by Gasteiger charge is -2.26. The molecule has 2 heterocycles. The Morgan fingerprint density at radius 2 is 1.95 bits per heavy atom. The molecule has 1 amide bonds. The molecular formula is C13H14ClN5O3. The third kappa shape index (κ3) is 2.88. The van der Waals surface area contributed by atoms with Crippen LogP contribution in [-0.4, -0.2) is 56.9 Å². The zero-order valence-corrected chi connectivity index (χ0v) is 12.4. The summed E-state index contributed by atoms with van der Waals surface area (Å²) >= 11 is 6.04. The Bertz CT molecular complexity index is 735. The average molecular weight is 324 g/mol. The van der Waals surface area contributed by atoms with Crippen LogP contribution in [0.1, 0.15) is 0 Å². The van der Waals surface area contributed by atoms with Gasteiger partial charge in [-0.2, -0.15) is 9.36 Å². The van der Waals surface area contributed by atoms with Crippen molar-refractivity contribution in [1.29, 1.82) is 0 Å². The van der Waals surface area contributed by atoms with E-state index >= 15 is 0 Å². The molecule has 9 heteroatoms. The molecule has 2 aromatic rings. The highest BCUT2D eigenvalue weighted by molar-refractivity contribution is 6.32. The zero-order valence-electron chi connectivity index (χ0n) is 11.7. The number of ether oxygens (including phenoxy) is 1. The van der Waals surface area contributed by atoms with Crippen molar-refractivity contribution in [3.8, 4) is 5.69 Å². The van der Waals surface area contributed by atoms with Gasteiger partial charge >= 0.3 is 5.69 Å². The molecule has 3 rings (SSSR count). The molecule has 1 aromatic carbocycles. The lowest BCUT2D eigenvalue weighted by molar-refractivity contribution is -0.136. The number of para-hydroxylation sites is 1. The zero-order chi connectivity index (χ0) is 15.5. The van der Waals surface area contributed by atoms with E-state index in [1.165, 1.54) is 0 Å². The number of carbonyl (C=O) groups is 1. The molecule has 22 heavy (non-hydrogen) atoms. The van der Waals surface area contributed by atoms with Crippen molar-refractivity contribution >= 4 is 17.5 Å². The predicted molar refractivity (Wildman–Crippen MR) is 78.0 cm³/mol. The van der Waals surface area contributed by atoms with Crippen LogP contribution < -0.4 is 5.69 Å². The van der Waals surface area contributed by atoms with Gasteiger partial charge in [-0.3, -0.25) is 4.79 Å². The number of hydrogen-bond donors (Lipinski definition) is 0. The van der Waals surface area contributed by atoms with Crippen LogP contribution in [0.4, 0.5) is 0 Å². The van der Waals surface area contributed by atoms with Gasteiger partial charge in [0.25, 0.3) is 0 Å². The quantitative estimate of drug-likeness (QED) is 0.790. The van der Waals surface area contributed by atoms with Crippen LogP contribution in [-0.2, 0) is 16.1 Å². The minimum Gasteiger partial charge on any atom is -0.378 e. The van der Waals surface area contributed by atoms with Crippen LogP contribution in [0.3, 0.4) is 0 Å². The van der Waals surface area contributed by atoms with E-state index in [0.717, 1.165) is 9.36 Å². The van der Waals surface area contributed by atoms with Crippen molar-refractivity contribution in [2.24, 2.45) is 0 Å². The second-order valence-electron chi connectivity index (χ2n) is 4.78. The van der Waals surface area contributed by atoms with Crippen molar-refractivity contribution in [2.45, 2.75) is 6.54 Å². The SMILES string of the molecule is O=C(Cn1nnn(-c2ccccc2Cl)c1=O)N1CCOCC1. The summed E-state index contributed by atoms with van der Waals surface area (Å²) in [6, 6.07) is 6.81.